The third-order valence-electron chi connectivity index (χ3n) is 4.51. The highest BCUT2D eigenvalue weighted by Crippen LogP contribution is 2.28. The van der Waals surface area contributed by atoms with E-state index in [9.17, 15) is 9.59 Å². The summed E-state index contributed by atoms with van der Waals surface area (Å²) >= 11 is 6.17. The van der Waals surface area contributed by atoms with Gasteiger partial charge in [0.25, 0.3) is 0 Å². The standard InChI is InChI=1S/C20H21ClN2O2/c1-3-14-5-4-6-16(10-14)23-12-15(11-19(23)24)20(25)22-18-8-7-13(2)9-17(18)21/h4-10,15H,3,11-12H2,1-2H3,(H,22,25)/t15-/m0/s1. The van der Waals surface area contributed by atoms with E-state index in [2.05, 4.69) is 12.2 Å². The van der Waals surface area contributed by atoms with Crippen molar-refractivity contribution in [2.75, 3.05) is 16.8 Å². The van der Waals surface area contributed by atoms with Crippen LogP contribution in [-0.4, -0.2) is 18.4 Å². The molecular formula is C20H21ClN2O2. The molecule has 0 aliphatic carbocycles. The fraction of sp³-hybridized carbons (Fsp3) is 0.300. The van der Waals surface area contributed by atoms with Crippen molar-refractivity contribution in [3.8, 4) is 0 Å². The van der Waals surface area contributed by atoms with Gasteiger partial charge in [-0.25, -0.2) is 0 Å². The number of anilines is 2. The van der Waals surface area contributed by atoms with Crippen molar-refractivity contribution in [3.63, 3.8) is 0 Å². The minimum atomic E-state index is -0.379. The second-order valence-corrected chi connectivity index (χ2v) is 6.81. The predicted octanol–water partition coefficient (Wildman–Crippen LogP) is 4.20. The molecule has 2 amide bonds. The SMILES string of the molecule is CCc1cccc(N2C[C@@H](C(=O)Nc3ccc(C)cc3Cl)CC2=O)c1. The van der Waals surface area contributed by atoms with Crippen LogP contribution in [0.25, 0.3) is 0 Å². The molecule has 1 heterocycles. The molecule has 0 aromatic heterocycles. The van der Waals surface area contributed by atoms with E-state index >= 15 is 0 Å². The topological polar surface area (TPSA) is 49.4 Å². The molecule has 3 rings (SSSR count). The molecule has 5 heteroatoms. The molecule has 2 aromatic carbocycles. The van der Waals surface area contributed by atoms with Crippen LogP contribution in [0.2, 0.25) is 5.02 Å². The molecule has 0 bridgehead atoms. The second kappa shape index (κ2) is 7.28. The third-order valence-corrected chi connectivity index (χ3v) is 4.82. The molecule has 0 spiro atoms. The number of hydrogen-bond acceptors (Lipinski definition) is 2. The van der Waals surface area contributed by atoms with Crippen molar-refractivity contribution in [2.24, 2.45) is 5.92 Å². The van der Waals surface area contributed by atoms with Gasteiger partial charge in [-0.1, -0.05) is 36.7 Å². The minimum Gasteiger partial charge on any atom is -0.324 e. The zero-order chi connectivity index (χ0) is 18.0. The van der Waals surface area contributed by atoms with E-state index in [1.807, 2.05) is 37.3 Å². The maximum absolute atomic E-state index is 12.5. The predicted molar refractivity (Wildman–Crippen MR) is 101 cm³/mol. The van der Waals surface area contributed by atoms with Gasteiger partial charge in [0.05, 0.1) is 16.6 Å². The number of carbonyl (C=O) groups excluding carboxylic acids is 2. The molecule has 1 saturated heterocycles. The fourth-order valence-corrected chi connectivity index (χ4v) is 3.32. The Bertz CT molecular complexity index is 819. The lowest BCUT2D eigenvalue weighted by Gasteiger charge is -2.17. The quantitative estimate of drug-likeness (QED) is 0.892. The molecule has 0 saturated carbocycles. The summed E-state index contributed by atoms with van der Waals surface area (Å²) in [4.78, 5) is 26.6. The second-order valence-electron chi connectivity index (χ2n) is 6.40. The van der Waals surface area contributed by atoms with Gasteiger partial charge in [0, 0.05) is 18.7 Å². The molecule has 130 valence electrons. The molecule has 1 aliphatic rings. The molecule has 0 unspecified atom stereocenters. The van der Waals surface area contributed by atoms with Gasteiger partial charge in [-0.3, -0.25) is 9.59 Å². The lowest BCUT2D eigenvalue weighted by Crippen LogP contribution is -2.28. The van der Waals surface area contributed by atoms with E-state index < -0.39 is 0 Å². The van der Waals surface area contributed by atoms with Gasteiger partial charge in [0.1, 0.15) is 0 Å². The Morgan fingerprint density at radius 3 is 2.80 bits per heavy atom. The van der Waals surface area contributed by atoms with Crippen LogP contribution in [0, 0.1) is 12.8 Å². The summed E-state index contributed by atoms with van der Waals surface area (Å²) in [6.45, 7) is 4.41. The first-order valence-corrected chi connectivity index (χ1v) is 8.82. The highest BCUT2D eigenvalue weighted by Gasteiger charge is 2.35. The molecular weight excluding hydrogens is 336 g/mol. The maximum atomic E-state index is 12.5. The highest BCUT2D eigenvalue weighted by atomic mass is 35.5. The van der Waals surface area contributed by atoms with Crippen LogP contribution in [0.1, 0.15) is 24.5 Å². The first-order valence-electron chi connectivity index (χ1n) is 8.44. The summed E-state index contributed by atoms with van der Waals surface area (Å²) in [6, 6.07) is 13.4. The van der Waals surface area contributed by atoms with E-state index in [0.717, 1.165) is 17.7 Å². The van der Waals surface area contributed by atoms with Gasteiger partial charge in [-0.05, 0) is 48.7 Å². The van der Waals surface area contributed by atoms with Crippen LogP contribution >= 0.6 is 11.6 Å². The first kappa shape index (κ1) is 17.5. The molecule has 25 heavy (non-hydrogen) atoms. The van der Waals surface area contributed by atoms with Crippen molar-refractivity contribution in [3.05, 3.63) is 58.6 Å². The van der Waals surface area contributed by atoms with E-state index in [0.29, 0.717) is 17.3 Å². The Balaban J connectivity index is 1.72. The maximum Gasteiger partial charge on any atom is 0.229 e. The summed E-state index contributed by atoms with van der Waals surface area (Å²) < 4.78 is 0. The number of carbonyl (C=O) groups is 2. The molecule has 1 N–H and O–H groups in total. The lowest BCUT2D eigenvalue weighted by molar-refractivity contribution is -0.122. The van der Waals surface area contributed by atoms with Crippen LogP contribution in [0.5, 0.6) is 0 Å². The van der Waals surface area contributed by atoms with E-state index in [1.54, 1.807) is 17.0 Å². The Hall–Kier alpha value is -2.33. The molecule has 2 aromatic rings. The highest BCUT2D eigenvalue weighted by molar-refractivity contribution is 6.33. The van der Waals surface area contributed by atoms with E-state index in [-0.39, 0.29) is 24.2 Å². The number of rotatable bonds is 4. The Morgan fingerprint density at radius 1 is 1.28 bits per heavy atom. The minimum absolute atomic E-state index is 0.0246. The van der Waals surface area contributed by atoms with Crippen LogP contribution < -0.4 is 10.2 Å². The van der Waals surface area contributed by atoms with Crippen molar-refractivity contribution in [1.82, 2.24) is 0 Å². The summed E-state index contributed by atoms with van der Waals surface area (Å²) in [5.41, 5.74) is 3.63. The Kier molecular flexibility index (Phi) is 5.09. The van der Waals surface area contributed by atoms with Crippen molar-refractivity contribution in [2.45, 2.75) is 26.7 Å². The third kappa shape index (κ3) is 3.85. The number of aryl methyl sites for hydroxylation is 2. The number of nitrogens with zero attached hydrogens (tertiary/aromatic N) is 1. The van der Waals surface area contributed by atoms with Gasteiger partial charge in [0.15, 0.2) is 0 Å². The van der Waals surface area contributed by atoms with Crippen molar-refractivity contribution >= 4 is 34.8 Å². The summed E-state index contributed by atoms with van der Waals surface area (Å²) in [6.07, 6.45) is 1.12. The van der Waals surface area contributed by atoms with Gasteiger partial charge in [0.2, 0.25) is 11.8 Å². The zero-order valence-electron chi connectivity index (χ0n) is 14.4. The van der Waals surface area contributed by atoms with Crippen LogP contribution in [0.4, 0.5) is 11.4 Å². The number of nitrogens with one attached hydrogen (secondary N) is 1. The summed E-state index contributed by atoms with van der Waals surface area (Å²) in [5.74, 6) is -0.577. The zero-order valence-corrected chi connectivity index (χ0v) is 15.1. The number of amides is 2. The molecule has 4 nitrogen and oxygen atoms in total. The van der Waals surface area contributed by atoms with E-state index in [4.69, 9.17) is 11.6 Å². The molecule has 1 fully saturated rings. The number of hydrogen-bond donors (Lipinski definition) is 1. The Morgan fingerprint density at radius 2 is 2.08 bits per heavy atom. The fourth-order valence-electron chi connectivity index (χ4n) is 3.03. The van der Waals surface area contributed by atoms with Crippen LogP contribution in [0.15, 0.2) is 42.5 Å². The normalized spacial score (nSPS) is 17.0. The molecule has 1 aliphatic heterocycles. The monoisotopic (exact) mass is 356 g/mol. The van der Waals surface area contributed by atoms with Crippen LogP contribution in [0.3, 0.4) is 0 Å². The van der Waals surface area contributed by atoms with Gasteiger partial charge < -0.3 is 10.2 Å². The van der Waals surface area contributed by atoms with Crippen molar-refractivity contribution < 1.29 is 9.59 Å². The average molecular weight is 357 g/mol. The lowest BCUT2D eigenvalue weighted by atomic mass is 10.1. The van der Waals surface area contributed by atoms with Gasteiger partial charge in [-0.2, -0.15) is 0 Å². The number of benzene rings is 2. The smallest absolute Gasteiger partial charge is 0.229 e. The average Bonchev–Trinajstić information content (AvgIpc) is 2.99. The Labute approximate surface area is 152 Å². The molecule has 1 atom stereocenters. The number of halogens is 1. The summed E-state index contributed by atoms with van der Waals surface area (Å²) in [5, 5.41) is 3.35. The van der Waals surface area contributed by atoms with Gasteiger partial charge >= 0.3 is 0 Å². The first-order chi connectivity index (χ1) is 12.0. The largest absolute Gasteiger partial charge is 0.324 e. The van der Waals surface area contributed by atoms with Gasteiger partial charge in [-0.15, -0.1) is 0 Å². The summed E-state index contributed by atoms with van der Waals surface area (Å²) in [7, 11) is 0. The van der Waals surface area contributed by atoms with Crippen molar-refractivity contribution in [1.29, 1.82) is 0 Å². The molecule has 0 radical (unpaired) electrons. The van der Waals surface area contributed by atoms with Crippen LogP contribution in [-0.2, 0) is 16.0 Å². The van der Waals surface area contributed by atoms with E-state index in [1.165, 1.54) is 5.56 Å².